The number of piperidine rings is 1. The smallest absolute Gasteiger partial charge is 0.0359 e. The van der Waals surface area contributed by atoms with Crippen LogP contribution in [0.25, 0.3) is 0 Å². The lowest BCUT2D eigenvalue weighted by atomic mass is 10.2. The van der Waals surface area contributed by atoms with Crippen LogP contribution >= 0.6 is 0 Å². The number of hydrazone groups is 1. The van der Waals surface area contributed by atoms with Gasteiger partial charge in [0.1, 0.15) is 0 Å². The molecule has 3 heteroatoms. The van der Waals surface area contributed by atoms with Gasteiger partial charge in [-0.05, 0) is 32.1 Å². The molecular formula is C7H13N2O-. The minimum Gasteiger partial charge on any atom is -0.861 e. The number of hydrogen-bond donors (Lipinski definition) is 0. The molecule has 58 valence electrons. The Kier molecular flexibility index (Phi) is 2.54. The highest BCUT2D eigenvalue weighted by molar-refractivity contribution is 5.67. The van der Waals surface area contributed by atoms with E-state index in [4.69, 9.17) is 0 Å². The SMILES string of the molecule is CC([O-])=NN1CCCCC1. The topological polar surface area (TPSA) is 38.7 Å². The Balaban J connectivity index is 2.33. The fraction of sp³-hybridized carbons (Fsp3) is 0.857. The molecule has 1 aliphatic heterocycles. The van der Waals surface area contributed by atoms with Crippen molar-refractivity contribution in [2.45, 2.75) is 26.2 Å². The van der Waals surface area contributed by atoms with E-state index in [2.05, 4.69) is 5.10 Å². The van der Waals surface area contributed by atoms with E-state index in [9.17, 15) is 5.11 Å². The number of hydrogen-bond acceptors (Lipinski definition) is 3. The summed E-state index contributed by atoms with van der Waals surface area (Å²) in [6.45, 7) is 3.41. The molecule has 1 heterocycles. The van der Waals surface area contributed by atoms with Crippen molar-refractivity contribution in [3.63, 3.8) is 0 Å². The molecule has 10 heavy (non-hydrogen) atoms. The Bertz CT molecular complexity index is 124. The molecule has 0 unspecified atom stereocenters. The van der Waals surface area contributed by atoms with Gasteiger partial charge in [-0.15, -0.1) is 0 Å². The van der Waals surface area contributed by atoms with E-state index in [1.54, 1.807) is 0 Å². The lowest BCUT2D eigenvalue weighted by molar-refractivity contribution is -0.218. The molecule has 0 aromatic carbocycles. The van der Waals surface area contributed by atoms with E-state index < -0.39 is 0 Å². The first-order chi connectivity index (χ1) is 4.79. The predicted molar refractivity (Wildman–Crippen MR) is 38.5 cm³/mol. The maximum absolute atomic E-state index is 10.5. The van der Waals surface area contributed by atoms with Crippen molar-refractivity contribution in [1.82, 2.24) is 5.01 Å². The minimum atomic E-state index is -0.0816. The van der Waals surface area contributed by atoms with E-state index in [-0.39, 0.29) is 5.90 Å². The van der Waals surface area contributed by atoms with Crippen LogP contribution < -0.4 is 5.11 Å². The van der Waals surface area contributed by atoms with Crippen molar-refractivity contribution < 1.29 is 5.11 Å². The lowest BCUT2D eigenvalue weighted by Crippen LogP contribution is -2.28. The van der Waals surface area contributed by atoms with Crippen LogP contribution in [-0.4, -0.2) is 24.0 Å². The average molecular weight is 141 g/mol. The fourth-order valence-corrected chi connectivity index (χ4v) is 1.18. The summed E-state index contributed by atoms with van der Waals surface area (Å²) in [5.41, 5.74) is 0. The van der Waals surface area contributed by atoms with Gasteiger partial charge in [0.15, 0.2) is 0 Å². The predicted octanol–water partition coefficient (Wildman–Crippen LogP) is 0.166. The minimum absolute atomic E-state index is 0.0816. The quantitative estimate of drug-likeness (QED) is 0.385. The first-order valence-electron chi connectivity index (χ1n) is 3.76. The van der Waals surface area contributed by atoms with Gasteiger partial charge in [-0.25, -0.2) is 0 Å². The van der Waals surface area contributed by atoms with Gasteiger partial charge in [-0.2, -0.15) is 5.10 Å². The summed E-state index contributed by atoms with van der Waals surface area (Å²) in [6, 6.07) is 0. The second-order valence-corrected chi connectivity index (χ2v) is 2.63. The van der Waals surface area contributed by atoms with Crippen LogP contribution in [0, 0.1) is 0 Å². The Morgan fingerprint density at radius 2 is 1.90 bits per heavy atom. The summed E-state index contributed by atoms with van der Waals surface area (Å²) in [7, 11) is 0. The summed E-state index contributed by atoms with van der Waals surface area (Å²) in [6.07, 6.45) is 3.64. The van der Waals surface area contributed by atoms with E-state index in [0.717, 1.165) is 13.1 Å². The van der Waals surface area contributed by atoms with Gasteiger partial charge in [0, 0.05) is 13.1 Å². The summed E-state index contributed by atoms with van der Waals surface area (Å²) < 4.78 is 0. The molecule has 0 N–H and O–H groups in total. The van der Waals surface area contributed by atoms with E-state index in [1.807, 2.05) is 5.01 Å². The van der Waals surface area contributed by atoms with Crippen LogP contribution in [-0.2, 0) is 0 Å². The van der Waals surface area contributed by atoms with Gasteiger partial charge in [0.05, 0.1) is 0 Å². The van der Waals surface area contributed by atoms with Gasteiger partial charge in [-0.1, -0.05) is 0 Å². The van der Waals surface area contributed by atoms with Crippen LogP contribution in [0.1, 0.15) is 26.2 Å². The first kappa shape index (κ1) is 7.38. The Hall–Kier alpha value is -0.730. The highest BCUT2D eigenvalue weighted by atomic mass is 16.3. The van der Waals surface area contributed by atoms with Crippen molar-refractivity contribution in [3.05, 3.63) is 0 Å². The normalized spacial score (nSPS) is 21.3. The van der Waals surface area contributed by atoms with Gasteiger partial charge < -0.3 is 5.11 Å². The standard InChI is InChI=1S/C7H14N2O/c1-7(10)8-9-5-3-2-4-6-9/h2-6H2,1H3,(H,8,10)/p-1. The van der Waals surface area contributed by atoms with Crippen molar-refractivity contribution in [2.24, 2.45) is 5.10 Å². The Morgan fingerprint density at radius 3 is 2.40 bits per heavy atom. The zero-order valence-electron chi connectivity index (χ0n) is 6.34. The third-order valence-corrected chi connectivity index (χ3v) is 1.61. The maximum atomic E-state index is 10.5. The molecule has 0 spiro atoms. The van der Waals surface area contributed by atoms with E-state index >= 15 is 0 Å². The molecule has 0 saturated carbocycles. The second kappa shape index (κ2) is 3.44. The third-order valence-electron chi connectivity index (χ3n) is 1.61. The van der Waals surface area contributed by atoms with Gasteiger partial charge in [0.2, 0.25) is 0 Å². The highest BCUT2D eigenvalue weighted by Gasteiger charge is 2.05. The van der Waals surface area contributed by atoms with Gasteiger partial charge in [0.25, 0.3) is 0 Å². The van der Waals surface area contributed by atoms with Crippen molar-refractivity contribution in [3.8, 4) is 0 Å². The summed E-state index contributed by atoms with van der Waals surface area (Å²) in [5.74, 6) is -0.0816. The summed E-state index contributed by atoms with van der Waals surface area (Å²) in [4.78, 5) is 0. The summed E-state index contributed by atoms with van der Waals surface area (Å²) in [5, 5.41) is 16.2. The van der Waals surface area contributed by atoms with Gasteiger partial charge >= 0.3 is 0 Å². The molecule has 0 atom stereocenters. The molecule has 1 fully saturated rings. The zero-order valence-corrected chi connectivity index (χ0v) is 6.34. The molecule has 0 aromatic rings. The van der Waals surface area contributed by atoms with Crippen LogP contribution in [0.5, 0.6) is 0 Å². The fourth-order valence-electron chi connectivity index (χ4n) is 1.18. The second-order valence-electron chi connectivity index (χ2n) is 2.63. The Labute approximate surface area is 61.3 Å². The van der Waals surface area contributed by atoms with Crippen LogP contribution in [0.3, 0.4) is 0 Å². The molecular weight excluding hydrogens is 128 g/mol. The molecule has 0 aliphatic carbocycles. The van der Waals surface area contributed by atoms with E-state index in [1.165, 1.54) is 26.2 Å². The van der Waals surface area contributed by atoms with Crippen molar-refractivity contribution in [2.75, 3.05) is 13.1 Å². The molecule has 1 rings (SSSR count). The molecule has 1 saturated heterocycles. The van der Waals surface area contributed by atoms with E-state index in [0.29, 0.717) is 0 Å². The molecule has 0 bridgehead atoms. The average Bonchev–Trinajstić information content (AvgIpc) is 1.88. The lowest BCUT2D eigenvalue weighted by Gasteiger charge is -2.25. The molecule has 0 amide bonds. The zero-order chi connectivity index (χ0) is 7.40. The maximum Gasteiger partial charge on any atom is 0.0359 e. The number of nitrogens with zero attached hydrogens (tertiary/aromatic N) is 2. The largest absolute Gasteiger partial charge is 0.861 e. The summed E-state index contributed by atoms with van der Waals surface area (Å²) >= 11 is 0. The third kappa shape index (κ3) is 2.25. The van der Waals surface area contributed by atoms with Crippen LogP contribution in [0.15, 0.2) is 5.10 Å². The molecule has 3 nitrogen and oxygen atoms in total. The monoisotopic (exact) mass is 141 g/mol. The van der Waals surface area contributed by atoms with Crippen molar-refractivity contribution >= 4 is 5.90 Å². The molecule has 1 aliphatic rings. The Morgan fingerprint density at radius 1 is 1.30 bits per heavy atom. The van der Waals surface area contributed by atoms with Crippen LogP contribution in [0.4, 0.5) is 0 Å². The molecule has 0 radical (unpaired) electrons. The highest BCUT2D eigenvalue weighted by Crippen LogP contribution is 2.07. The first-order valence-corrected chi connectivity index (χ1v) is 3.76. The van der Waals surface area contributed by atoms with Crippen molar-refractivity contribution in [1.29, 1.82) is 0 Å². The number of rotatable bonds is 1. The van der Waals surface area contributed by atoms with Crippen LogP contribution in [0.2, 0.25) is 0 Å². The molecule has 0 aromatic heterocycles. The van der Waals surface area contributed by atoms with Gasteiger partial charge in [-0.3, -0.25) is 5.01 Å².